The number of ether oxygens (including phenoxy) is 2. The molecule has 5 rings (SSSR count). The highest BCUT2D eigenvalue weighted by Crippen LogP contribution is 2.35. The van der Waals surface area contributed by atoms with Crippen LogP contribution < -0.4 is 15.0 Å². The van der Waals surface area contributed by atoms with Crippen LogP contribution in [0.3, 0.4) is 0 Å². The van der Waals surface area contributed by atoms with Crippen molar-refractivity contribution in [3.63, 3.8) is 0 Å². The molecule has 0 bridgehead atoms. The fourth-order valence-corrected chi connectivity index (χ4v) is 5.39. The number of methoxy groups -OCH3 is 2. The van der Waals surface area contributed by atoms with Crippen molar-refractivity contribution >= 4 is 21.6 Å². The van der Waals surface area contributed by atoms with Crippen LogP contribution in [0.1, 0.15) is 30.3 Å². The zero-order valence-electron chi connectivity index (χ0n) is 18.1. The van der Waals surface area contributed by atoms with Crippen molar-refractivity contribution in [2.75, 3.05) is 20.8 Å². The minimum absolute atomic E-state index is 0.0770. The number of rotatable bonds is 6. The molecule has 0 amide bonds. The topological polar surface area (TPSA) is 67.5 Å². The molecule has 3 heterocycles. The molecule has 1 atom stereocenters. The van der Waals surface area contributed by atoms with Gasteiger partial charge in [-0.05, 0) is 73.0 Å². The van der Waals surface area contributed by atoms with Crippen LogP contribution in [0.4, 0.5) is 0 Å². The minimum Gasteiger partial charge on any atom is -0.497 e. The maximum absolute atomic E-state index is 12.8. The van der Waals surface area contributed by atoms with Gasteiger partial charge in [0.25, 0.3) is 5.56 Å². The Bertz CT molecular complexity index is 1300. The Labute approximate surface area is 190 Å². The smallest absolute Gasteiger partial charge is 0.268 e. The summed E-state index contributed by atoms with van der Waals surface area (Å²) in [6, 6.07) is 18.4. The molecular formula is C25H25N3O3S. The molecule has 1 aliphatic heterocycles. The van der Waals surface area contributed by atoms with E-state index in [2.05, 4.69) is 22.0 Å². The number of nitrogens with zero attached hydrogens (tertiary/aromatic N) is 2. The fraction of sp³-hybridized carbons (Fsp3) is 0.280. The lowest BCUT2D eigenvalue weighted by atomic mass is 10.0. The van der Waals surface area contributed by atoms with Crippen molar-refractivity contribution < 1.29 is 9.47 Å². The normalized spacial score (nSPS) is 16.5. The SMILES string of the molecule is COc1ccc(-c2cc3nc(CN4CCC[C@H]4c4cccc(OC)c4)[nH]c(=O)c3s2)cc1. The van der Waals surface area contributed by atoms with Gasteiger partial charge in [-0.1, -0.05) is 12.1 Å². The Morgan fingerprint density at radius 2 is 1.91 bits per heavy atom. The number of hydrogen-bond acceptors (Lipinski definition) is 6. The molecule has 6 nitrogen and oxygen atoms in total. The summed E-state index contributed by atoms with van der Waals surface area (Å²) in [5.41, 5.74) is 2.96. The predicted molar refractivity (Wildman–Crippen MR) is 128 cm³/mol. The second kappa shape index (κ2) is 8.76. The van der Waals surface area contributed by atoms with E-state index >= 15 is 0 Å². The first-order valence-corrected chi connectivity index (χ1v) is 11.5. The van der Waals surface area contributed by atoms with E-state index in [9.17, 15) is 4.79 Å². The average Bonchev–Trinajstić information content (AvgIpc) is 3.47. The van der Waals surface area contributed by atoms with Crippen molar-refractivity contribution in [2.24, 2.45) is 0 Å². The van der Waals surface area contributed by atoms with Crippen LogP contribution in [-0.2, 0) is 6.54 Å². The number of aromatic amines is 1. The van der Waals surface area contributed by atoms with Gasteiger partial charge in [-0.3, -0.25) is 9.69 Å². The van der Waals surface area contributed by atoms with E-state index in [1.165, 1.54) is 16.9 Å². The summed E-state index contributed by atoms with van der Waals surface area (Å²) in [7, 11) is 3.34. The van der Waals surface area contributed by atoms with Crippen LogP contribution in [0.25, 0.3) is 20.7 Å². The van der Waals surface area contributed by atoms with Crippen LogP contribution in [-0.4, -0.2) is 35.6 Å². The summed E-state index contributed by atoms with van der Waals surface area (Å²) >= 11 is 1.47. The Hall–Kier alpha value is -3.16. The lowest BCUT2D eigenvalue weighted by Gasteiger charge is -2.24. The zero-order chi connectivity index (χ0) is 22.1. The van der Waals surface area contributed by atoms with Gasteiger partial charge in [0.05, 0.1) is 26.3 Å². The van der Waals surface area contributed by atoms with Gasteiger partial charge in [-0.2, -0.15) is 0 Å². The maximum Gasteiger partial charge on any atom is 0.268 e. The molecule has 0 aliphatic carbocycles. The molecule has 0 unspecified atom stereocenters. The summed E-state index contributed by atoms with van der Waals surface area (Å²) < 4.78 is 11.3. The third kappa shape index (κ3) is 4.01. The third-order valence-corrected chi connectivity index (χ3v) is 7.17. The van der Waals surface area contributed by atoms with Crippen molar-refractivity contribution in [3.8, 4) is 21.9 Å². The van der Waals surface area contributed by atoms with Gasteiger partial charge in [-0.15, -0.1) is 11.3 Å². The van der Waals surface area contributed by atoms with Crippen LogP contribution in [0.2, 0.25) is 0 Å². The Kier molecular flexibility index (Phi) is 5.68. The lowest BCUT2D eigenvalue weighted by Crippen LogP contribution is -2.25. The molecule has 32 heavy (non-hydrogen) atoms. The Balaban J connectivity index is 1.42. The third-order valence-electron chi connectivity index (χ3n) is 6.00. The second-order valence-electron chi connectivity index (χ2n) is 7.97. The highest BCUT2D eigenvalue weighted by molar-refractivity contribution is 7.22. The van der Waals surface area contributed by atoms with Crippen molar-refractivity contribution in [1.82, 2.24) is 14.9 Å². The van der Waals surface area contributed by atoms with Crippen LogP contribution >= 0.6 is 11.3 Å². The van der Waals surface area contributed by atoms with Gasteiger partial charge in [0.15, 0.2) is 0 Å². The number of thiophene rings is 1. The number of aromatic nitrogens is 2. The van der Waals surface area contributed by atoms with Gasteiger partial charge in [0.2, 0.25) is 0 Å². The number of likely N-dealkylation sites (tertiary alicyclic amines) is 1. The van der Waals surface area contributed by atoms with Crippen molar-refractivity contribution in [1.29, 1.82) is 0 Å². The van der Waals surface area contributed by atoms with Gasteiger partial charge < -0.3 is 14.5 Å². The van der Waals surface area contributed by atoms with E-state index in [4.69, 9.17) is 14.5 Å². The molecule has 0 radical (unpaired) electrons. The summed E-state index contributed by atoms with van der Waals surface area (Å²) in [5.74, 6) is 2.38. The number of benzene rings is 2. The standard InChI is InChI=1S/C25H25N3O3S/c1-30-18-10-8-16(9-11-18)22-14-20-24(32-22)25(29)27-23(26-20)15-28-12-4-7-21(28)17-5-3-6-19(13-17)31-2/h3,5-6,8-11,13-14,21H,4,7,12,15H2,1-2H3,(H,26,27,29)/t21-/m0/s1. The van der Waals surface area contributed by atoms with E-state index in [0.29, 0.717) is 23.1 Å². The van der Waals surface area contributed by atoms with E-state index in [1.807, 2.05) is 42.5 Å². The minimum atomic E-state index is -0.0770. The molecule has 2 aromatic carbocycles. The molecule has 1 saturated heterocycles. The van der Waals surface area contributed by atoms with Gasteiger partial charge >= 0.3 is 0 Å². The monoisotopic (exact) mass is 447 g/mol. The number of H-pyrrole nitrogens is 1. The summed E-state index contributed by atoms with van der Waals surface area (Å²) in [5, 5.41) is 0. The van der Waals surface area contributed by atoms with E-state index in [0.717, 1.165) is 46.8 Å². The van der Waals surface area contributed by atoms with Crippen molar-refractivity contribution in [3.05, 3.63) is 76.3 Å². The van der Waals surface area contributed by atoms with E-state index in [-0.39, 0.29) is 5.56 Å². The van der Waals surface area contributed by atoms with Gasteiger partial charge in [0, 0.05) is 10.9 Å². The largest absolute Gasteiger partial charge is 0.497 e. The number of nitrogens with one attached hydrogen (secondary N) is 1. The molecule has 1 fully saturated rings. The predicted octanol–water partition coefficient (Wildman–Crippen LogP) is 5.01. The zero-order valence-corrected chi connectivity index (χ0v) is 18.9. The van der Waals surface area contributed by atoms with E-state index in [1.54, 1.807) is 14.2 Å². The highest BCUT2D eigenvalue weighted by Gasteiger charge is 2.27. The lowest BCUT2D eigenvalue weighted by molar-refractivity contribution is 0.242. The molecular weight excluding hydrogens is 422 g/mol. The summed E-state index contributed by atoms with van der Waals surface area (Å²) in [4.78, 5) is 24.0. The van der Waals surface area contributed by atoms with Crippen molar-refractivity contribution in [2.45, 2.75) is 25.4 Å². The molecule has 1 aliphatic rings. The van der Waals surface area contributed by atoms with Crippen LogP contribution in [0.15, 0.2) is 59.4 Å². The van der Waals surface area contributed by atoms with E-state index < -0.39 is 0 Å². The molecule has 2 aromatic heterocycles. The molecule has 4 aromatic rings. The maximum atomic E-state index is 12.8. The fourth-order valence-electron chi connectivity index (χ4n) is 4.39. The van der Waals surface area contributed by atoms with Crippen LogP contribution in [0.5, 0.6) is 11.5 Å². The highest BCUT2D eigenvalue weighted by atomic mass is 32.1. The van der Waals surface area contributed by atoms with Gasteiger partial charge in [-0.25, -0.2) is 4.98 Å². The molecule has 164 valence electrons. The second-order valence-corrected chi connectivity index (χ2v) is 9.02. The number of fused-ring (bicyclic) bond motifs is 1. The van der Waals surface area contributed by atoms with Gasteiger partial charge in [0.1, 0.15) is 22.0 Å². The molecule has 0 saturated carbocycles. The summed E-state index contributed by atoms with van der Waals surface area (Å²) in [6.45, 7) is 1.59. The summed E-state index contributed by atoms with van der Waals surface area (Å²) in [6.07, 6.45) is 2.20. The first-order chi connectivity index (χ1) is 15.6. The Morgan fingerprint density at radius 1 is 1.09 bits per heavy atom. The molecule has 1 N–H and O–H groups in total. The molecule has 7 heteroatoms. The Morgan fingerprint density at radius 3 is 2.69 bits per heavy atom. The number of hydrogen-bond donors (Lipinski definition) is 1. The quantitative estimate of drug-likeness (QED) is 0.450. The first-order valence-electron chi connectivity index (χ1n) is 10.7. The average molecular weight is 448 g/mol. The van der Waals surface area contributed by atoms with Crippen LogP contribution in [0, 0.1) is 0 Å². The first kappa shape index (κ1) is 20.7. The molecule has 0 spiro atoms.